The summed E-state index contributed by atoms with van der Waals surface area (Å²) in [7, 11) is 1.80. The summed E-state index contributed by atoms with van der Waals surface area (Å²) in [5.41, 5.74) is 1.18. The van der Waals surface area contributed by atoms with Crippen LogP contribution in [0.15, 0.2) is 29.3 Å². The number of para-hydroxylation sites is 1. The van der Waals surface area contributed by atoms with Crippen molar-refractivity contribution in [2.75, 3.05) is 7.05 Å². The van der Waals surface area contributed by atoms with E-state index in [9.17, 15) is 0 Å². The minimum Gasteiger partial charge on any atom is -0.490 e. The molecule has 1 atom stereocenters. The van der Waals surface area contributed by atoms with Gasteiger partial charge in [0.05, 0.1) is 6.10 Å². The van der Waals surface area contributed by atoms with Gasteiger partial charge in [-0.3, -0.25) is 4.99 Å². The van der Waals surface area contributed by atoms with Crippen LogP contribution in [0.2, 0.25) is 0 Å². The van der Waals surface area contributed by atoms with E-state index in [-0.39, 0.29) is 24.0 Å². The minimum absolute atomic E-state index is 0. The fourth-order valence-electron chi connectivity index (χ4n) is 2.19. The molecule has 0 aliphatic heterocycles. The van der Waals surface area contributed by atoms with Crippen molar-refractivity contribution < 1.29 is 4.74 Å². The molecule has 1 fully saturated rings. The lowest BCUT2D eigenvalue weighted by molar-refractivity contribution is 0.119. The van der Waals surface area contributed by atoms with Crippen molar-refractivity contribution in [2.24, 2.45) is 10.9 Å². The SMILES string of the molecule is CN=C(NCc1ccccc1OC1CCC1)NC(C)C(C)C.I. The molecule has 1 aromatic carbocycles. The zero-order chi connectivity index (χ0) is 15.9. The summed E-state index contributed by atoms with van der Waals surface area (Å²) in [5, 5.41) is 6.80. The zero-order valence-corrected chi connectivity index (χ0v) is 17.0. The van der Waals surface area contributed by atoms with Crippen LogP contribution in [0.4, 0.5) is 0 Å². The molecular formula is C18H30IN3O. The van der Waals surface area contributed by atoms with E-state index in [1.807, 2.05) is 6.07 Å². The molecule has 23 heavy (non-hydrogen) atoms. The first-order valence-electron chi connectivity index (χ1n) is 8.32. The number of rotatable bonds is 6. The van der Waals surface area contributed by atoms with Gasteiger partial charge in [0.25, 0.3) is 0 Å². The maximum atomic E-state index is 6.07. The Morgan fingerprint density at radius 2 is 1.96 bits per heavy atom. The second-order valence-electron chi connectivity index (χ2n) is 6.38. The number of nitrogens with zero attached hydrogens (tertiary/aromatic N) is 1. The normalized spacial score (nSPS) is 16.3. The van der Waals surface area contributed by atoms with Crippen molar-refractivity contribution in [3.8, 4) is 5.75 Å². The molecule has 0 saturated heterocycles. The lowest BCUT2D eigenvalue weighted by Crippen LogP contribution is -2.43. The number of benzene rings is 1. The molecule has 1 saturated carbocycles. The van der Waals surface area contributed by atoms with Crippen molar-refractivity contribution in [1.29, 1.82) is 0 Å². The highest BCUT2D eigenvalue weighted by Crippen LogP contribution is 2.27. The number of nitrogens with one attached hydrogen (secondary N) is 2. The van der Waals surface area contributed by atoms with Crippen LogP contribution >= 0.6 is 24.0 Å². The number of ether oxygens (including phenoxy) is 1. The zero-order valence-electron chi connectivity index (χ0n) is 14.6. The quantitative estimate of drug-likeness (QED) is 0.408. The summed E-state index contributed by atoms with van der Waals surface area (Å²) >= 11 is 0. The van der Waals surface area contributed by atoms with Crippen molar-refractivity contribution >= 4 is 29.9 Å². The third kappa shape index (κ3) is 6.20. The Morgan fingerprint density at radius 3 is 2.52 bits per heavy atom. The molecule has 0 spiro atoms. The van der Waals surface area contributed by atoms with Crippen LogP contribution in [0.5, 0.6) is 5.75 Å². The van der Waals surface area contributed by atoms with E-state index in [1.54, 1.807) is 7.05 Å². The van der Waals surface area contributed by atoms with Gasteiger partial charge in [-0.2, -0.15) is 0 Å². The number of hydrogen-bond donors (Lipinski definition) is 2. The molecule has 0 radical (unpaired) electrons. The van der Waals surface area contributed by atoms with E-state index < -0.39 is 0 Å². The van der Waals surface area contributed by atoms with Crippen molar-refractivity contribution in [2.45, 2.75) is 58.7 Å². The van der Waals surface area contributed by atoms with Crippen LogP contribution in [-0.2, 0) is 6.54 Å². The summed E-state index contributed by atoms with van der Waals surface area (Å²) in [6, 6.07) is 8.64. The van der Waals surface area contributed by atoms with Crippen LogP contribution in [0.25, 0.3) is 0 Å². The number of aliphatic imine (C=N–C) groups is 1. The molecule has 5 heteroatoms. The molecule has 0 amide bonds. The van der Waals surface area contributed by atoms with E-state index in [4.69, 9.17) is 4.74 Å². The monoisotopic (exact) mass is 431 g/mol. The maximum Gasteiger partial charge on any atom is 0.191 e. The minimum atomic E-state index is 0. The Kier molecular flexibility index (Phi) is 8.73. The van der Waals surface area contributed by atoms with Gasteiger partial charge in [-0.05, 0) is 38.2 Å². The van der Waals surface area contributed by atoms with E-state index in [2.05, 4.69) is 54.6 Å². The number of guanidine groups is 1. The fraction of sp³-hybridized carbons (Fsp3) is 0.611. The van der Waals surface area contributed by atoms with Gasteiger partial charge < -0.3 is 15.4 Å². The average Bonchev–Trinajstić information content (AvgIpc) is 2.47. The summed E-state index contributed by atoms with van der Waals surface area (Å²) < 4.78 is 6.07. The molecule has 0 bridgehead atoms. The van der Waals surface area contributed by atoms with Crippen LogP contribution < -0.4 is 15.4 Å². The second kappa shape index (κ2) is 10.0. The highest BCUT2D eigenvalue weighted by atomic mass is 127. The summed E-state index contributed by atoms with van der Waals surface area (Å²) in [5.74, 6) is 2.39. The first kappa shape index (κ1) is 20.1. The first-order valence-corrected chi connectivity index (χ1v) is 8.32. The lowest BCUT2D eigenvalue weighted by Gasteiger charge is -2.27. The Balaban J connectivity index is 0.00000264. The smallest absolute Gasteiger partial charge is 0.191 e. The van der Waals surface area contributed by atoms with Crippen LogP contribution in [0, 0.1) is 5.92 Å². The van der Waals surface area contributed by atoms with Gasteiger partial charge in [-0.1, -0.05) is 32.0 Å². The Morgan fingerprint density at radius 1 is 1.26 bits per heavy atom. The van der Waals surface area contributed by atoms with E-state index in [0.29, 0.717) is 24.6 Å². The standard InChI is InChI=1S/C18H29N3O.HI/c1-13(2)14(3)21-18(19-4)20-12-15-8-5-6-11-17(15)22-16-9-7-10-16;/h5-6,8,11,13-14,16H,7,9-10,12H2,1-4H3,(H2,19,20,21);1H. The molecule has 1 aromatic rings. The van der Waals surface area contributed by atoms with Crippen LogP contribution in [0.3, 0.4) is 0 Å². The second-order valence-corrected chi connectivity index (χ2v) is 6.38. The van der Waals surface area contributed by atoms with Gasteiger partial charge in [-0.25, -0.2) is 0 Å². The molecule has 0 heterocycles. The van der Waals surface area contributed by atoms with Gasteiger partial charge in [0.1, 0.15) is 5.75 Å². The number of hydrogen-bond acceptors (Lipinski definition) is 2. The fourth-order valence-corrected chi connectivity index (χ4v) is 2.19. The van der Waals surface area contributed by atoms with Crippen molar-refractivity contribution in [3.63, 3.8) is 0 Å². The highest BCUT2D eigenvalue weighted by molar-refractivity contribution is 14.0. The van der Waals surface area contributed by atoms with Gasteiger partial charge in [0.2, 0.25) is 0 Å². The molecule has 1 aliphatic rings. The Bertz CT molecular complexity index is 501. The average molecular weight is 431 g/mol. The van der Waals surface area contributed by atoms with E-state index >= 15 is 0 Å². The molecule has 1 aliphatic carbocycles. The van der Waals surface area contributed by atoms with E-state index in [0.717, 1.165) is 11.7 Å². The molecule has 2 rings (SSSR count). The largest absolute Gasteiger partial charge is 0.490 e. The first-order chi connectivity index (χ1) is 10.6. The molecule has 1 unspecified atom stereocenters. The van der Waals surface area contributed by atoms with Crippen molar-refractivity contribution in [1.82, 2.24) is 10.6 Å². The molecule has 0 aromatic heterocycles. The third-order valence-corrected chi connectivity index (χ3v) is 4.35. The molecule has 4 nitrogen and oxygen atoms in total. The topological polar surface area (TPSA) is 45.7 Å². The molecule has 130 valence electrons. The molecule has 2 N–H and O–H groups in total. The van der Waals surface area contributed by atoms with E-state index in [1.165, 1.54) is 24.8 Å². The molecular weight excluding hydrogens is 401 g/mol. The Hall–Kier alpha value is -0.980. The third-order valence-electron chi connectivity index (χ3n) is 4.35. The summed E-state index contributed by atoms with van der Waals surface area (Å²) in [4.78, 5) is 4.30. The van der Waals surface area contributed by atoms with Crippen molar-refractivity contribution in [3.05, 3.63) is 29.8 Å². The summed E-state index contributed by atoms with van der Waals surface area (Å²) in [6.45, 7) is 7.29. The highest BCUT2D eigenvalue weighted by Gasteiger charge is 2.20. The number of halogens is 1. The summed E-state index contributed by atoms with van der Waals surface area (Å²) in [6.07, 6.45) is 4.04. The van der Waals surface area contributed by atoms with Gasteiger partial charge >= 0.3 is 0 Å². The van der Waals surface area contributed by atoms with Crippen LogP contribution in [-0.4, -0.2) is 25.2 Å². The predicted octanol–water partition coefficient (Wildman–Crippen LogP) is 3.95. The van der Waals surface area contributed by atoms with Crippen LogP contribution in [0.1, 0.15) is 45.6 Å². The van der Waals surface area contributed by atoms with Gasteiger partial charge in [0.15, 0.2) is 5.96 Å². The Labute approximate surface area is 157 Å². The van der Waals surface area contributed by atoms with Gasteiger partial charge in [0, 0.05) is 25.2 Å². The predicted molar refractivity (Wildman–Crippen MR) is 108 cm³/mol. The maximum absolute atomic E-state index is 6.07. The lowest BCUT2D eigenvalue weighted by atomic mass is 9.96. The van der Waals surface area contributed by atoms with Gasteiger partial charge in [-0.15, -0.1) is 24.0 Å².